The largest absolute Gasteiger partial charge is 0.503 e. The van der Waals surface area contributed by atoms with Gasteiger partial charge in [0.15, 0.2) is 5.75 Å². The summed E-state index contributed by atoms with van der Waals surface area (Å²) in [7, 11) is 1.55. The second kappa shape index (κ2) is 3.95. The van der Waals surface area contributed by atoms with Crippen molar-refractivity contribution >= 4 is 6.41 Å². The smallest absolute Gasteiger partial charge is 0.292 e. The van der Waals surface area contributed by atoms with Gasteiger partial charge in [-0.15, -0.1) is 0 Å². The minimum absolute atomic E-state index is 0.322. The fraction of sp³-hybridized carbons (Fsp3) is 0.333. The van der Waals surface area contributed by atoms with Crippen LogP contribution in [0.1, 0.15) is 18.5 Å². The van der Waals surface area contributed by atoms with Crippen molar-refractivity contribution in [3.63, 3.8) is 0 Å². The molecule has 1 rings (SSSR count). The Labute approximate surface area is 81.0 Å². The van der Waals surface area contributed by atoms with E-state index in [1.54, 1.807) is 26.2 Å². The van der Waals surface area contributed by atoms with Gasteiger partial charge in [-0.05, 0) is 13.0 Å². The highest BCUT2D eigenvalue weighted by molar-refractivity contribution is 5.48. The molecule has 5 nitrogen and oxygen atoms in total. The number of nitrogens with one attached hydrogen (secondary N) is 1. The number of nitrogens with zero attached hydrogens (tertiary/aromatic N) is 1. The molecule has 0 saturated carbocycles. The summed E-state index contributed by atoms with van der Waals surface area (Å²) in [5.74, 6) is -0.322. The van der Waals surface area contributed by atoms with E-state index in [-0.39, 0.29) is 11.8 Å². The van der Waals surface area contributed by atoms with Crippen LogP contribution in [-0.4, -0.2) is 16.1 Å². The van der Waals surface area contributed by atoms with Gasteiger partial charge in [0.25, 0.3) is 5.56 Å². The van der Waals surface area contributed by atoms with Crippen LogP contribution in [0.4, 0.5) is 0 Å². The monoisotopic (exact) mass is 196 g/mol. The van der Waals surface area contributed by atoms with E-state index in [0.717, 1.165) is 0 Å². The van der Waals surface area contributed by atoms with Gasteiger partial charge in [-0.2, -0.15) is 0 Å². The van der Waals surface area contributed by atoms with Gasteiger partial charge in [-0.25, -0.2) is 0 Å². The molecular formula is C9H12N2O3. The zero-order valence-corrected chi connectivity index (χ0v) is 8.02. The summed E-state index contributed by atoms with van der Waals surface area (Å²) >= 11 is 0. The molecule has 0 bridgehead atoms. The van der Waals surface area contributed by atoms with Gasteiger partial charge in [0, 0.05) is 18.8 Å². The summed E-state index contributed by atoms with van der Waals surface area (Å²) < 4.78 is 1.27. The molecule has 1 heterocycles. The molecule has 1 aromatic heterocycles. The number of carbonyl (C=O) groups excluding carboxylic acids is 1. The van der Waals surface area contributed by atoms with Crippen LogP contribution in [0.25, 0.3) is 0 Å². The number of rotatable bonds is 3. The highest BCUT2D eigenvalue weighted by Crippen LogP contribution is 2.18. The molecule has 76 valence electrons. The average molecular weight is 196 g/mol. The van der Waals surface area contributed by atoms with Gasteiger partial charge >= 0.3 is 0 Å². The molecule has 14 heavy (non-hydrogen) atoms. The first kappa shape index (κ1) is 10.3. The van der Waals surface area contributed by atoms with Crippen molar-refractivity contribution < 1.29 is 9.90 Å². The first-order valence-corrected chi connectivity index (χ1v) is 4.16. The maximum absolute atomic E-state index is 11.3. The van der Waals surface area contributed by atoms with Gasteiger partial charge < -0.3 is 15.0 Å². The van der Waals surface area contributed by atoms with E-state index in [1.165, 1.54) is 4.57 Å². The molecule has 0 aliphatic heterocycles. The normalized spacial score (nSPS) is 12.1. The molecule has 0 aromatic carbocycles. The maximum Gasteiger partial charge on any atom is 0.292 e. The minimum Gasteiger partial charge on any atom is -0.503 e. The van der Waals surface area contributed by atoms with Crippen molar-refractivity contribution in [1.29, 1.82) is 0 Å². The van der Waals surface area contributed by atoms with Crippen molar-refractivity contribution in [3.8, 4) is 5.75 Å². The molecule has 0 fully saturated rings. The van der Waals surface area contributed by atoms with E-state index in [0.29, 0.717) is 12.0 Å². The van der Waals surface area contributed by atoms with E-state index in [2.05, 4.69) is 5.32 Å². The number of carbonyl (C=O) groups is 1. The van der Waals surface area contributed by atoms with Gasteiger partial charge in [0.2, 0.25) is 6.41 Å². The highest BCUT2D eigenvalue weighted by atomic mass is 16.3. The summed E-state index contributed by atoms with van der Waals surface area (Å²) in [6, 6.07) is 1.22. The van der Waals surface area contributed by atoms with Gasteiger partial charge in [0.05, 0.1) is 6.04 Å². The second-order valence-corrected chi connectivity index (χ2v) is 3.04. The Kier molecular flexibility index (Phi) is 2.91. The Hall–Kier alpha value is -1.78. The van der Waals surface area contributed by atoms with Crippen molar-refractivity contribution in [3.05, 3.63) is 28.2 Å². The van der Waals surface area contributed by atoms with E-state index in [9.17, 15) is 14.7 Å². The van der Waals surface area contributed by atoms with E-state index in [4.69, 9.17) is 0 Å². The van der Waals surface area contributed by atoms with Crippen molar-refractivity contribution in [2.45, 2.75) is 13.0 Å². The van der Waals surface area contributed by atoms with Crippen LogP contribution in [0.2, 0.25) is 0 Å². The zero-order valence-electron chi connectivity index (χ0n) is 8.02. The minimum atomic E-state index is -0.470. The molecule has 5 heteroatoms. The summed E-state index contributed by atoms with van der Waals surface area (Å²) in [6.45, 7) is 1.68. The molecule has 1 unspecified atom stereocenters. The van der Waals surface area contributed by atoms with Crippen molar-refractivity contribution in [1.82, 2.24) is 9.88 Å². The number of aromatic nitrogens is 1. The molecule has 1 aromatic rings. The number of aromatic hydroxyl groups is 1. The van der Waals surface area contributed by atoms with E-state index < -0.39 is 5.56 Å². The molecular weight excluding hydrogens is 184 g/mol. The Morgan fingerprint density at radius 1 is 1.64 bits per heavy atom. The predicted molar refractivity (Wildman–Crippen MR) is 51.0 cm³/mol. The van der Waals surface area contributed by atoms with Crippen LogP contribution < -0.4 is 10.9 Å². The Morgan fingerprint density at radius 2 is 2.29 bits per heavy atom. The predicted octanol–water partition coefficient (Wildman–Crippen LogP) is -0.102. The van der Waals surface area contributed by atoms with Gasteiger partial charge in [-0.3, -0.25) is 9.59 Å². The Morgan fingerprint density at radius 3 is 2.86 bits per heavy atom. The zero-order chi connectivity index (χ0) is 10.7. The van der Waals surface area contributed by atoms with Crippen LogP contribution in [0.3, 0.4) is 0 Å². The van der Waals surface area contributed by atoms with E-state index >= 15 is 0 Å². The van der Waals surface area contributed by atoms with Crippen LogP contribution in [0.5, 0.6) is 5.75 Å². The summed E-state index contributed by atoms with van der Waals surface area (Å²) in [4.78, 5) is 21.5. The first-order valence-electron chi connectivity index (χ1n) is 4.16. The van der Waals surface area contributed by atoms with Gasteiger partial charge in [-0.1, -0.05) is 0 Å². The molecule has 0 spiro atoms. The summed E-state index contributed by atoms with van der Waals surface area (Å²) in [6.07, 6.45) is 2.07. The lowest BCUT2D eigenvalue weighted by Gasteiger charge is -2.12. The number of hydrogen-bond acceptors (Lipinski definition) is 3. The van der Waals surface area contributed by atoms with E-state index in [1.807, 2.05) is 0 Å². The number of amides is 1. The molecule has 0 aliphatic carbocycles. The van der Waals surface area contributed by atoms with Crippen molar-refractivity contribution in [2.24, 2.45) is 7.05 Å². The standard InChI is InChI=1S/C9H12N2O3/c1-6(10-5-12)7-3-4-11(2)9(14)8(7)13/h3-6,13H,1-2H3,(H,10,12). The molecule has 1 amide bonds. The highest BCUT2D eigenvalue weighted by Gasteiger charge is 2.12. The SMILES string of the molecule is CC(NC=O)c1ccn(C)c(=O)c1O. The average Bonchev–Trinajstić information content (AvgIpc) is 2.15. The molecule has 1 atom stereocenters. The third-order valence-corrected chi connectivity index (χ3v) is 2.06. The fourth-order valence-electron chi connectivity index (χ4n) is 1.17. The van der Waals surface area contributed by atoms with Gasteiger partial charge in [0.1, 0.15) is 0 Å². The summed E-state index contributed by atoms with van der Waals surface area (Å²) in [5.41, 5.74) is -0.0535. The Balaban J connectivity index is 3.17. The lowest BCUT2D eigenvalue weighted by Crippen LogP contribution is -2.22. The quantitative estimate of drug-likeness (QED) is 0.663. The first-order chi connectivity index (χ1) is 6.57. The molecule has 0 saturated heterocycles. The fourth-order valence-corrected chi connectivity index (χ4v) is 1.17. The number of hydrogen-bond donors (Lipinski definition) is 2. The molecule has 2 N–H and O–H groups in total. The summed E-state index contributed by atoms with van der Waals surface area (Å²) in [5, 5.41) is 11.9. The molecule has 0 aliphatic rings. The second-order valence-electron chi connectivity index (χ2n) is 3.04. The number of pyridine rings is 1. The van der Waals surface area contributed by atoms with Crippen molar-refractivity contribution in [2.75, 3.05) is 0 Å². The lowest BCUT2D eigenvalue weighted by atomic mass is 10.1. The van der Waals surface area contributed by atoms with Crippen LogP contribution >= 0.6 is 0 Å². The Bertz CT molecular complexity index is 398. The maximum atomic E-state index is 11.3. The third-order valence-electron chi connectivity index (χ3n) is 2.06. The topological polar surface area (TPSA) is 71.3 Å². The number of aryl methyl sites for hydroxylation is 1. The lowest BCUT2D eigenvalue weighted by molar-refractivity contribution is -0.110. The van der Waals surface area contributed by atoms with Crippen LogP contribution in [-0.2, 0) is 11.8 Å². The third kappa shape index (κ3) is 1.76. The molecule has 0 radical (unpaired) electrons. The van der Waals surface area contributed by atoms with Crippen LogP contribution in [0.15, 0.2) is 17.1 Å². The van der Waals surface area contributed by atoms with Crippen LogP contribution in [0, 0.1) is 0 Å².